The number of rotatable bonds is 7. The van der Waals surface area contributed by atoms with E-state index in [-0.39, 0.29) is 12.0 Å². The van der Waals surface area contributed by atoms with Crippen molar-refractivity contribution in [1.82, 2.24) is 4.31 Å². The molecule has 0 bridgehead atoms. The van der Waals surface area contributed by atoms with Gasteiger partial charge in [0.1, 0.15) is 0 Å². The molecule has 1 amide bonds. The van der Waals surface area contributed by atoms with Crippen molar-refractivity contribution in [2.75, 3.05) is 18.4 Å². The van der Waals surface area contributed by atoms with E-state index in [1.807, 2.05) is 32.9 Å². The fourth-order valence-electron chi connectivity index (χ4n) is 2.87. The molecular formula is C22H25F3N2O3S. The van der Waals surface area contributed by atoms with Crippen LogP contribution in [-0.4, -0.2) is 31.7 Å². The van der Waals surface area contributed by atoms with Gasteiger partial charge in [0, 0.05) is 12.2 Å². The van der Waals surface area contributed by atoms with Crippen LogP contribution in [-0.2, 0) is 26.4 Å². The van der Waals surface area contributed by atoms with Crippen LogP contribution in [0.4, 0.5) is 18.9 Å². The number of nitrogens with one attached hydrogen (secondary N) is 1. The molecule has 0 atom stereocenters. The Kier molecular flexibility index (Phi) is 7.33. The predicted molar refractivity (Wildman–Crippen MR) is 114 cm³/mol. The molecule has 2 aromatic carbocycles. The molecule has 0 spiro atoms. The topological polar surface area (TPSA) is 66.5 Å². The van der Waals surface area contributed by atoms with Crippen LogP contribution in [0.1, 0.15) is 31.9 Å². The van der Waals surface area contributed by atoms with Crippen molar-refractivity contribution in [2.24, 2.45) is 0 Å². The molecule has 2 rings (SSSR count). The van der Waals surface area contributed by atoms with Crippen LogP contribution >= 0.6 is 0 Å². The lowest BCUT2D eigenvalue weighted by Gasteiger charge is -2.23. The zero-order valence-electron chi connectivity index (χ0n) is 17.5. The summed E-state index contributed by atoms with van der Waals surface area (Å²) >= 11 is 0. The molecule has 0 fully saturated rings. The van der Waals surface area contributed by atoms with Gasteiger partial charge >= 0.3 is 6.18 Å². The van der Waals surface area contributed by atoms with E-state index in [2.05, 4.69) is 11.9 Å². The number of alkyl halides is 3. The van der Waals surface area contributed by atoms with E-state index in [9.17, 15) is 26.4 Å². The van der Waals surface area contributed by atoms with E-state index in [4.69, 9.17) is 0 Å². The minimum absolute atomic E-state index is 0.0801. The molecule has 0 aliphatic rings. The number of amides is 1. The Morgan fingerprint density at radius 2 is 1.65 bits per heavy atom. The van der Waals surface area contributed by atoms with Gasteiger partial charge in [-0.15, -0.1) is 6.58 Å². The molecule has 0 unspecified atom stereocenters. The quantitative estimate of drug-likeness (QED) is 0.610. The number of sulfonamides is 1. The lowest BCUT2D eigenvalue weighted by molar-refractivity contribution is -0.139. The lowest BCUT2D eigenvalue weighted by Crippen LogP contribution is -2.38. The summed E-state index contributed by atoms with van der Waals surface area (Å²) in [7, 11) is -4.61. The summed E-state index contributed by atoms with van der Waals surface area (Å²) in [4.78, 5) is 11.6. The fourth-order valence-corrected chi connectivity index (χ4v) is 4.45. The van der Waals surface area contributed by atoms with Crippen molar-refractivity contribution in [1.29, 1.82) is 0 Å². The first-order valence-electron chi connectivity index (χ1n) is 9.44. The molecule has 0 aliphatic carbocycles. The molecule has 0 aromatic heterocycles. The van der Waals surface area contributed by atoms with Crippen molar-refractivity contribution in [3.8, 4) is 0 Å². The van der Waals surface area contributed by atoms with Crippen LogP contribution in [0.25, 0.3) is 0 Å². The first-order valence-corrected chi connectivity index (χ1v) is 10.9. The predicted octanol–water partition coefficient (Wildman–Crippen LogP) is 4.82. The summed E-state index contributed by atoms with van der Waals surface area (Å²) in [5.41, 5.74) is 0.125. The molecule has 0 radical (unpaired) electrons. The average molecular weight is 455 g/mol. The Hall–Kier alpha value is -2.65. The smallest absolute Gasteiger partial charge is 0.325 e. The number of anilines is 1. The number of hydrogen-bond acceptors (Lipinski definition) is 3. The first kappa shape index (κ1) is 24.6. The third-order valence-electron chi connectivity index (χ3n) is 4.50. The van der Waals surface area contributed by atoms with Gasteiger partial charge in [0.05, 0.1) is 17.0 Å². The summed E-state index contributed by atoms with van der Waals surface area (Å²) in [6.45, 7) is 8.57. The van der Waals surface area contributed by atoms with Crippen LogP contribution in [0.5, 0.6) is 0 Å². The molecule has 5 nitrogen and oxygen atoms in total. The van der Waals surface area contributed by atoms with Crippen LogP contribution in [0, 0.1) is 0 Å². The first-order chi connectivity index (χ1) is 14.3. The fraction of sp³-hybridized carbons (Fsp3) is 0.318. The van der Waals surface area contributed by atoms with Crippen molar-refractivity contribution in [3.05, 3.63) is 72.3 Å². The van der Waals surface area contributed by atoms with E-state index >= 15 is 0 Å². The van der Waals surface area contributed by atoms with Gasteiger partial charge in [-0.3, -0.25) is 4.79 Å². The third-order valence-corrected chi connectivity index (χ3v) is 6.37. The summed E-state index contributed by atoms with van der Waals surface area (Å²) in [5.74, 6) is -0.682. The summed E-state index contributed by atoms with van der Waals surface area (Å²) in [6.07, 6.45) is -3.65. The number of nitrogens with zero attached hydrogens (tertiary/aromatic N) is 1. The number of halogens is 3. The van der Waals surface area contributed by atoms with Crippen molar-refractivity contribution in [3.63, 3.8) is 0 Å². The minimum atomic E-state index is -4.86. The lowest BCUT2D eigenvalue weighted by atomic mass is 9.87. The maximum atomic E-state index is 13.3. The number of benzene rings is 2. The Labute approximate surface area is 180 Å². The van der Waals surface area contributed by atoms with Gasteiger partial charge in [-0.2, -0.15) is 17.5 Å². The Bertz CT molecular complexity index is 1040. The highest BCUT2D eigenvalue weighted by molar-refractivity contribution is 7.89. The molecule has 0 aliphatic heterocycles. The monoisotopic (exact) mass is 454 g/mol. The second kappa shape index (κ2) is 9.23. The van der Waals surface area contributed by atoms with Crippen LogP contribution in [0.2, 0.25) is 0 Å². The summed E-state index contributed by atoms with van der Waals surface area (Å²) in [5, 5.41) is 2.58. The van der Waals surface area contributed by atoms with Crippen LogP contribution in [0.3, 0.4) is 0 Å². The highest BCUT2D eigenvalue weighted by Gasteiger charge is 2.39. The SMILES string of the molecule is C=CCN(CC(=O)Nc1ccc(C(C)(C)C)cc1)S(=O)(=O)c1ccccc1C(F)(F)F. The molecule has 2 aromatic rings. The molecule has 9 heteroatoms. The second-order valence-corrected chi connectivity index (χ2v) is 9.86. The Morgan fingerprint density at radius 1 is 1.06 bits per heavy atom. The van der Waals surface area contributed by atoms with Crippen LogP contribution in [0.15, 0.2) is 66.1 Å². The van der Waals surface area contributed by atoms with Gasteiger partial charge in [-0.05, 0) is 35.2 Å². The average Bonchev–Trinajstić information content (AvgIpc) is 2.66. The largest absolute Gasteiger partial charge is 0.417 e. The van der Waals surface area contributed by atoms with Gasteiger partial charge in [-0.1, -0.05) is 51.1 Å². The maximum Gasteiger partial charge on any atom is 0.417 e. The van der Waals surface area contributed by atoms with Crippen LogP contribution < -0.4 is 5.32 Å². The van der Waals surface area contributed by atoms with Gasteiger partial charge in [0.15, 0.2) is 0 Å². The van der Waals surface area contributed by atoms with Gasteiger partial charge in [0.2, 0.25) is 15.9 Å². The van der Waals surface area contributed by atoms with Crippen molar-refractivity contribution >= 4 is 21.6 Å². The maximum absolute atomic E-state index is 13.3. The van der Waals surface area contributed by atoms with Gasteiger partial charge in [-0.25, -0.2) is 8.42 Å². The molecule has 168 valence electrons. The molecular weight excluding hydrogens is 429 g/mol. The standard InChI is InChI=1S/C22H25F3N2O3S/c1-5-14-27(31(29,30)19-9-7-6-8-18(19)22(23,24)25)15-20(28)26-17-12-10-16(11-13-17)21(2,3)4/h5-13H,1,14-15H2,2-4H3,(H,26,28). The molecule has 0 saturated heterocycles. The third kappa shape index (κ3) is 6.18. The number of hydrogen-bond donors (Lipinski definition) is 1. The molecule has 0 saturated carbocycles. The summed E-state index contributed by atoms with van der Waals surface area (Å²) < 4.78 is 66.5. The van der Waals surface area contributed by atoms with Gasteiger partial charge in [0.25, 0.3) is 0 Å². The van der Waals surface area contributed by atoms with E-state index in [0.717, 1.165) is 17.7 Å². The highest BCUT2D eigenvalue weighted by atomic mass is 32.2. The number of carbonyl (C=O) groups excluding carboxylic acids is 1. The molecule has 0 heterocycles. The number of carbonyl (C=O) groups is 1. The van der Waals surface area contributed by atoms with Crippen molar-refractivity contribution in [2.45, 2.75) is 37.3 Å². The van der Waals surface area contributed by atoms with E-state index in [0.29, 0.717) is 16.1 Å². The van der Waals surface area contributed by atoms with E-state index in [1.165, 1.54) is 12.1 Å². The van der Waals surface area contributed by atoms with E-state index in [1.54, 1.807) is 12.1 Å². The molecule has 31 heavy (non-hydrogen) atoms. The normalized spacial score (nSPS) is 12.6. The zero-order valence-corrected chi connectivity index (χ0v) is 18.3. The highest BCUT2D eigenvalue weighted by Crippen LogP contribution is 2.35. The van der Waals surface area contributed by atoms with Crippen molar-refractivity contribution < 1.29 is 26.4 Å². The summed E-state index contributed by atoms with van der Waals surface area (Å²) in [6, 6.07) is 10.9. The second-order valence-electron chi connectivity index (χ2n) is 7.96. The van der Waals surface area contributed by atoms with Gasteiger partial charge < -0.3 is 5.32 Å². The minimum Gasteiger partial charge on any atom is -0.325 e. The Morgan fingerprint density at radius 3 is 2.16 bits per heavy atom. The molecule has 1 N–H and O–H groups in total. The van der Waals surface area contributed by atoms with E-state index < -0.39 is 39.1 Å². The zero-order chi connectivity index (χ0) is 23.4. The Balaban J connectivity index is 2.26.